The number of pyridine rings is 1. The molecular formula is C18H20FN3O4S. The summed E-state index contributed by atoms with van der Waals surface area (Å²) in [5.74, 6) is -1.39. The third kappa shape index (κ3) is 2.99. The second-order valence-electron chi connectivity index (χ2n) is 6.66. The van der Waals surface area contributed by atoms with Gasteiger partial charge in [-0.25, -0.2) is 9.18 Å². The summed E-state index contributed by atoms with van der Waals surface area (Å²) in [5.41, 5.74) is 0.333. The maximum absolute atomic E-state index is 14.8. The van der Waals surface area contributed by atoms with Crippen LogP contribution in [0.15, 0.2) is 22.0 Å². The fourth-order valence-electron chi connectivity index (χ4n) is 3.58. The number of piperazine rings is 1. The summed E-state index contributed by atoms with van der Waals surface area (Å²) in [4.78, 5) is 27.2. The van der Waals surface area contributed by atoms with Gasteiger partial charge >= 0.3 is 5.97 Å². The molecule has 1 fully saturated rings. The largest absolute Gasteiger partial charge is 0.433 e. The highest BCUT2D eigenvalue weighted by Crippen LogP contribution is 2.46. The molecule has 1 aromatic carbocycles. The monoisotopic (exact) mass is 393 g/mol. The highest BCUT2D eigenvalue weighted by Gasteiger charge is 2.34. The molecule has 0 aliphatic carbocycles. The number of benzene rings is 1. The molecule has 144 valence electrons. The van der Waals surface area contributed by atoms with Gasteiger partial charge in [-0.1, -0.05) is 11.8 Å². The van der Waals surface area contributed by atoms with Crippen LogP contribution in [-0.2, 0) is 4.74 Å². The summed E-state index contributed by atoms with van der Waals surface area (Å²) in [5, 5.41) is 13.2. The zero-order valence-corrected chi connectivity index (χ0v) is 15.8. The van der Waals surface area contributed by atoms with Crippen LogP contribution in [0.1, 0.15) is 29.6 Å². The Bertz CT molecular complexity index is 985. The quantitative estimate of drug-likeness (QED) is 0.606. The number of hydrogen-bond acceptors (Lipinski definition) is 7. The Morgan fingerprint density at radius 2 is 2.11 bits per heavy atom. The van der Waals surface area contributed by atoms with E-state index in [-0.39, 0.29) is 16.3 Å². The standard InChI is InChI=1S/C18H20FN3O4S/c1-9-22-13-8-14(21-5-3-20-4-6-21)12(19)7-11(13)16(24)15(17(22)27-9)18(25)26-10(2)23/h7-10,20,23H,3-6H2,1-2H3. The van der Waals surface area contributed by atoms with Crippen molar-refractivity contribution in [2.45, 2.75) is 30.5 Å². The maximum atomic E-state index is 14.8. The number of nitrogens with one attached hydrogen (secondary N) is 1. The van der Waals surface area contributed by atoms with Gasteiger partial charge in [0.1, 0.15) is 11.4 Å². The average Bonchev–Trinajstić information content (AvgIpc) is 2.61. The van der Waals surface area contributed by atoms with Crippen molar-refractivity contribution in [3.8, 4) is 0 Å². The lowest BCUT2D eigenvalue weighted by Crippen LogP contribution is -2.44. The molecule has 2 aliphatic rings. The number of thioether (sulfide) groups is 1. The zero-order valence-electron chi connectivity index (χ0n) is 15.0. The minimum absolute atomic E-state index is 0.00235. The number of ether oxygens (including phenoxy) is 1. The molecule has 2 unspecified atom stereocenters. The van der Waals surface area contributed by atoms with Crippen LogP contribution in [0.4, 0.5) is 10.1 Å². The smallest absolute Gasteiger partial charge is 0.347 e. The first-order chi connectivity index (χ1) is 12.9. The molecule has 1 aromatic heterocycles. The number of hydrogen-bond donors (Lipinski definition) is 2. The predicted molar refractivity (Wildman–Crippen MR) is 101 cm³/mol. The Kier molecular flexibility index (Phi) is 4.61. The zero-order chi connectivity index (χ0) is 19.3. The molecule has 2 aromatic rings. The summed E-state index contributed by atoms with van der Waals surface area (Å²) in [7, 11) is 0. The first kappa shape index (κ1) is 18.3. The summed E-state index contributed by atoms with van der Waals surface area (Å²) in [6.45, 7) is 6.14. The second kappa shape index (κ2) is 6.81. The minimum atomic E-state index is -1.33. The van der Waals surface area contributed by atoms with E-state index in [1.54, 1.807) is 6.07 Å². The summed E-state index contributed by atoms with van der Waals surface area (Å²) in [6.07, 6.45) is -1.33. The Morgan fingerprint density at radius 1 is 1.41 bits per heavy atom. The van der Waals surface area contributed by atoms with Gasteiger partial charge in [0.05, 0.1) is 21.6 Å². The van der Waals surface area contributed by atoms with Gasteiger partial charge in [0, 0.05) is 31.6 Å². The molecule has 0 amide bonds. The number of anilines is 1. The molecule has 3 heterocycles. The van der Waals surface area contributed by atoms with Crippen LogP contribution in [0.2, 0.25) is 0 Å². The molecule has 9 heteroatoms. The average molecular weight is 393 g/mol. The van der Waals surface area contributed by atoms with Crippen molar-refractivity contribution in [3.63, 3.8) is 0 Å². The Hall–Kier alpha value is -2.10. The first-order valence-corrected chi connectivity index (χ1v) is 9.69. The van der Waals surface area contributed by atoms with Crippen molar-refractivity contribution < 1.29 is 19.0 Å². The molecule has 0 bridgehead atoms. The number of carbonyl (C=O) groups is 1. The third-order valence-electron chi connectivity index (χ3n) is 4.81. The van der Waals surface area contributed by atoms with Crippen LogP contribution < -0.4 is 15.6 Å². The van der Waals surface area contributed by atoms with Gasteiger partial charge in [-0.05, 0) is 26.0 Å². The van der Waals surface area contributed by atoms with Crippen molar-refractivity contribution in [3.05, 3.63) is 33.7 Å². The predicted octanol–water partition coefficient (Wildman–Crippen LogP) is 1.67. The lowest BCUT2D eigenvalue weighted by molar-refractivity contribution is -0.0527. The summed E-state index contributed by atoms with van der Waals surface area (Å²) < 4.78 is 21.5. The number of fused-ring (bicyclic) bond motifs is 3. The molecule has 0 spiro atoms. The van der Waals surface area contributed by atoms with Gasteiger partial charge in [-0.2, -0.15) is 0 Å². The van der Waals surface area contributed by atoms with E-state index in [2.05, 4.69) is 5.32 Å². The maximum Gasteiger partial charge on any atom is 0.347 e. The molecule has 27 heavy (non-hydrogen) atoms. The number of nitrogens with zero attached hydrogens (tertiary/aromatic N) is 2. The second-order valence-corrected chi connectivity index (χ2v) is 7.96. The minimum Gasteiger partial charge on any atom is -0.433 e. The first-order valence-electron chi connectivity index (χ1n) is 8.81. The molecular weight excluding hydrogens is 373 g/mol. The Balaban J connectivity index is 1.91. The van der Waals surface area contributed by atoms with Gasteiger partial charge < -0.3 is 24.6 Å². The van der Waals surface area contributed by atoms with Crippen LogP contribution >= 0.6 is 11.8 Å². The van der Waals surface area contributed by atoms with Crippen LogP contribution in [0.3, 0.4) is 0 Å². The fraction of sp³-hybridized carbons (Fsp3) is 0.444. The van der Waals surface area contributed by atoms with E-state index in [1.807, 2.05) is 16.4 Å². The van der Waals surface area contributed by atoms with E-state index in [0.717, 1.165) is 13.1 Å². The summed E-state index contributed by atoms with van der Waals surface area (Å²) in [6, 6.07) is 2.90. The highest BCUT2D eigenvalue weighted by molar-refractivity contribution is 8.00. The van der Waals surface area contributed by atoms with Gasteiger partial charge in [0.25, 0.3) is 0 Å². The van der Waals surface area contributed by atoms with E-state index in [4.69, 9.17) is 4.74 Å². The fourth-order valence-corrected chi connectivity index (χ4v) is 4.73. The SMILES string of the molecule is CC(O)OC(=O)c1c2n(c3cc(N4CCNCC4)c(F)cc3c1=O)C(C)S2. The molecule has 4 rings (SSSR count). The van der Waals surface area contributed by atoms with Gasteiger partial charge in [-0.15, -0.1) is 0 Å². The Morgan fingerprint density at radius 3 is 2.74 bits per heavy atom. The Labute approximate surface area is 159 Å². The number of rotatable bonds is 3. The van der Waals surface area contributed by atoms with E-state index in [9.17, 15) is 19.1 Å². The molecule has 2 aliphatic heterocycles. The number of halogens is 1. The molecule has 7 nitrogen and oxygen atoms in total. The molecule has 0 radical (unpaired) electrons. The van der Waals surface area contributed by atoms with E-state index >= 15 is 0 Å². The molecule has 2 atom stereocenters. The topological polar surface area (TPSA) is 83.8 Å². The number of esters is 1. The van der Waals surface area contributed by atoms with Crippen LogP contribution in [-0.4, -0.2) is 48.1 Å². The number of aliphatic hydroxyl groups is 1. The van der Waals surface area contributed by atoms with Gasteiger partial charge in [-0.3, -0.25) is 4.79 Å². The van der Waals surface area contributed by atoms with Gasteiger partial charge in [0.2, 0.25) is 5.43 Å². The van der Waals surface area contributed by atoms with Crippen molar-refractivity contribution in [1.29, 1.82) is 0 Å². The van der Waals surface area contributed by atoms with E-state index in [1.165, 1.54) is 24.8 Å². The van der Waals surface area contributed by atoms with E-state index < -0.39 is 23.5 Å². The molecule has 2 N–H and O–H groups in total. The van der Waals surface area contributed by atoms with Gasteiger partial charge in [0.15, 0.2) is 6.29 Å². The number of aliphatic hydroxyl groups excluding tert-OH is 1. The molecule has 0 saturated carbocycles. The highest BCUT2D eigenvalue weighted by atomic mass is 32.2. The molecule has 1 saturated heterocycles. The lowest BCUT2D eigenvalue weighted by atomic mass is 10.1. The normalized spacial score (nSPS) is 20.1. The van der Waals surface area contributed by atoms with Crippen molar-refractivity contribution in [2.24, 2.45) is 0 Å². The third-order valence-corrected chi connectivity index (χ3v) is 5.99. The van der Waals surface area contributed by atoms with Crippen LogP contribution in [0.5, 0.6) is 0 Å². The van der Waals surface area contributed by atoms with Crippen molar-refractivity contribution in [2.75, 3.05) is 31.1 Å². The van der Waals surface area contributed by atoms with Crippen molar-refractivity contribution in [1.82, 2.24) is 9.88 Å². The number of carbonyl (C=O) groups excluding carboxylic acids is 1. The summed E-state index contributed by atoms with van der Waals surface area (Å²) >= 11 is 1.37. The van der Waals surface area contributed by atoms with Crippen LogP contribution in [0.25, 0.3) is 10.9 Å². The number of aromatic nitrogens is 1. The van der Waals surface area contributed by atoms with Crippen LogP contribution in [0, 0.1) is 5.82 Å². The van der Waals surface area contributed by atoms with Crippen molar-refractivity contribution >= 4 is 34.3 Å². The van der Waals surface area contributed by atoms with E-state index in [0.29, 0.717) is 29.3 Å². The lowest BCUT2D eigenvalue weighted by Gasteiger charge is -2.34.